The summed E-state index contributed by atoms with van der Waals surface area (Å²) in [7, 11) is 0. The largest absolute Gasteiger partial charge is 0.418 e. The van der Waals surface area contributed by atoms with Crippen LogP contribution in [0.5, 0.6) is 0 Å². The fraction of sp³-hybridized carbons (Fsp3) is 0.467. The molecule has 9 heteroatoms. The first-order valence-electron chi connectivity index (χ1n) is 7.44. The number of carbonyl (C=O) groups is 1. The number of aromatic nitrogens is 1. The predicted molar refractivity (Wildman–Crippen MR) is 84.9 cm³/mol. The van der Waals surface area contributed by atoms with E-state index in [1.807, 2.05) is 24.3 Å². The van der Waals surface area contributed by atoms with Gasteiger partial charge in [0.05, 0.1) is 16.8 Å². The van der Waals surface area contributed by atoms with Crippen molar-refractivity contribution < 1.29 is 23.1 Å². The highest BCUT2D eigenvalue weighted by Crippen LogP contribution is 2.37. The molecule has 0 spiro atoms. The molecule has 3 rings (SSSR count). The Morgan fingerprint density at radius 3 is 2.88 bits per heavy atom. The monoisotopic (exact) mass is 359 g/mol. The Balaban J connectivity index is 1.62. The molecule has 24 heavy (non-hydrogen) atoms. The summed E-state index contributed by atoms with van der Waals surface area (Å²) >= 11 is 1.30. The number of fused-ring (bicyclic) bond motifs is 1. The van der Waals surface area contributed by atoms with Gasteiger partial charge >= 0.3 is 6.18 Å². The van der Waals surface area contributed by atoms with Crippen LogP contribution >= 0.6 is 11.3 Å². The van der Waals surface area contributed by atoms with Crippen molar-refractivity contribution in [1.82, 2.24) is 9.88 Å². The molecule has 1 aliphatic rings. The molecule has 1 atom stereocenters. The number of β-amino-alcohol motifs (C(OH)–C–C–N with tert-alkyl or cyclic N) is 1. The summed E-state index contributed by atoms with van der Waals surface area (Å²) in [4.78, 5) is 17.6. The van der Waals surface area contributed by atoms with Gasteiger partial charge in [-0.25, -0.2) is 4.98 Å². The van der Waals surface area contributed by atoms with E-state index >= 15 is 0 Å². The van der Waals surface area contributed by atoms with Crippen molar-refractivity contribution in [2.24, 2.45) is 0 Å². The fourth-order valence-electron chi connectivity index (χ4n) is 2.78. The summed E-state index contributed by atoms with van der Waals surface area (Å²) in [6, 6.07) is 7.38. The van der Waals surface area contributed by atoms with Crippen molar-refractivity contribution in [3.8, 4) is 0 Å². The molecule has 0 bridgehead atoms. The number of anilines is 1. The molecule has 5 nitrogen and oxygen atoms in total. The van der Waals surface area contributed by atoms with E-state index in [0.717, 1.165) is 10.2 Å². The smallest absolute Gasteiger partial charge is 0.379 e. The summed E-state index contributed by atoms with van der Waals surface area (Å²) in [6.07, 6.45) is -4.86. The number of hydrogen-bond donors (Lipinski definition) is 2. The van der Waals surface area contributed by atoms with Crippen molar-refractivity contribution in [2.75, 3.05) is 25.0 Å². The number of thiazole rings is 1. The van der Waals surface area contributed by atoms with Gasteiger partial charge in [0.15, 0.2) is 10.7 Å². The number of piperidine rings is 1. The highest BCUT2D eigenvalue weighted by atomic mass is 32.1. The Hall–Kier alpha value is -1.71. The van der Waals surface area contributed by atoms with Gasteiger partial charge < -0.3 is 10.4 Å². The van der Waals surface area contributed by atoms with Gasteiger partial charge in [-0.15, -0.1) is 0 Å². The van der Waals surface area contributed by atoms with Gasteiger partial charge in [-0.2, -0.15) is 13.2 Å². The van der Waals surface area contributed by atoms with E-state index in [2.05, 4.69) is 10.3 Å². The average Bonchev–Trinajstić information content (AvgIpc) is 2.88. The van der Waals surface area contributed by atoms with E-state index < -0.39 is 24.2 Å². The maximum absolute atomic E-state index is 12.9. The number of alkyl halides is 3. The van der Waals surface area contributed by atoms with Crippen LogP contribution in [0.2, 0.25) is 0 Å². The zero-order valence-corrected chi connectivity index (χ0v) is 13.5. The van der Waals surface area contributed by atoms with E-state index in [1.165, 1.54) is 16.2 Å². The van der Waals surface area contributed by atoms with Crippen molar-refractivity contribution in [1.29, 1.82) is 0 Å². The topological polar surface area (TPSA) is 65.5 Å². The van der Waals surface area contributed by atoms with Crippen molar-refractivity contribution >= 4 is 32.6 Å². The zero-order chi connectivity index (χ0) is 17.4. The average molecular weight is 359 g/mol. The van der Waals surface area contributed by atoms with Crippen LogP contribution in [0, 0.1) is 0 Å². The Bertz CT molecular complexity index is 716. The summed E-state index contributed by atoms with van der Waals surface area (Å²) in [5, 5.41) is 12.8. The van der Waals surface area contributed by atoms with Crippen LogP contribution in [-0.2, 0) is 4.79 Å². The van der Waals surface area contributed by atoms with Crippen molar-refractivity contribution in [2.45, 2.75) is 24.6 Å². The number of benzene rings is 1. The third-order valence-electron chi connectivity index (χ3n) is 3.98. The molecule has 1 aromatic heterocycles. The molecule has 1 aliphatic heterocycles. The lowest BCUT2D eigenvalue weighted by molar-refractivity contribution is -0.273. The Morgan fingerprint density at radius 2 is 2.17 bits per heavy atom. The second-order valence-corrected chi connectivity index (χ2v) is 6.91. The Labute approximate surface area is 140 Å². The molecule has 0 radical (unpaired) electrons. The zero-order valence-electron chi connectivity index (χ0n) is 12.6. The maximum Gasteiger partial charge on any atom is 0.418 e. The lowest BCUT2D eigenvalue weighted by Gasteiger charge is -2.39. The van der Waals surface area contributed by atoms with Crippen LogP contribution in [0.15, 0.2) is 24.3 Å². The molecule has 1 amide bonds. The van der Waals surface area contributed by atoms with Crippen molar-refractivity contribution in [3.05, 3.63) is 24.3 Å². The van der Waals surface area contributed by atoms with Gasteiger partial charge in [-0.05, 0) is 31.5 Å². The standard InChI is InChI=1S/C15H16F3N3O2S/c16-15(17,18)14(23)6-3-7-21(9-14)8-12(22)20-13-19-10-4-1-2-5-11(10)24-13/h1-2,4-5,23H,3,6-9H2,(H,19,20,22). The quantitative estimate of drug-likeness (QED) is 0.884. The first kappa shape index (κ1) is 17.1. The van der Waals surface area contributed by atoms with E-state index in [9.17, 15) is 23.1 Å². The second-order valence-electron chi connectivity index (χ2n) is 5.88. The summed E-state index contributed by atoms with van der Waals surface area (Å²) in [5.74, 6) is -0.444. The number of halogens is 3. The van der Waals surface area contributed by atoms with Crippen LogP contribution < -0.4 is 5.32 Å². The van der Waals surface area contributed by atoms with Crippen LogP contribution in [-0.4, -0.2) is 52.3 Å². The number of amides is 1. The molecule has 130 valence electrons. The number of para-hydroxylation sites is 1. The van der Waals surface area contributed by atoms with E-state index in [0.29, 0.717) is 11.7 Å². The second kappa shape index (κ2) is 6.30. The predicted octanol–water partition coefficient (Wildman–Crippen LogP) is 2.62. The lowest BCUT2D eigenvalue weighted by atomic mass is 9.92. The highest BCUT2D eigenvalue weighted by molar-refractivity contribution is 7.22. The molecule has 0 saturated carbocycles. The van der Waals surface area contributed by atoms with Crippen LogP contribution in [0.3, 0.4) is 0 Å². The molecule has 1 unspecified atom stereocenters. The molecule has 1 fully saturated rings. The highest BCUT2D eigenvalue weighted by Gasteiger charge is 2.55. The summed E-state index contributed by atoms with van der Waals surface area (Å²) in [6.45, 7) is -0.469. The van der Waals surface area contributed by atoms with Gasteiger partial charge in [0.1, 0.15) is 0 Å². The molecular weight excluding hydrogens is 343 g/mol. The molecule has 0 aliphatic carbocycles. The number of nitrogens with zero attached hydrogens (tertiary/aromatic N) is 2. The number of hydrogen-bond acceptors (Lipinski definition) is 5. The van der Waals surface area contributed by atoms with Gasteiger partial charge in [-0.3, -0.25) is 9.69 Å². The Kier molecular flexibility index (Phi) is 4.50. The van der Waals surface area contributed by atoms with E-state index in [4.69, 9.17) is 0 Å². The Morgan fingerprint density at radius 1 is 1.42 bits per heavy atom. The molecule has 2 heterocycles. The minimum absolute atomic E-state index is 0.185. The minimum Gasteiger partial charge on any atom is -0.379 e. The number of rotatable bonds is 3. The van der Waals surface area contributed by atoms with Gasteiger partial charge in [-0.1, -0.05) is 23.5 Å². The molecule has 1 saturated heterocycles. The molecule has 2 aromatic rings. The van der Waals surface area contributed by atoms with Gasteiger partial charge in [0, 0.05) is 6.54 Å². The van der Waals surface area contributed by atoms with Crippen LogP contribution in [0.25, 0.3) is 10.2 Å². The van der Waals surface area contributed by atoms with Gasteiger partial charge in [0.2, 0.25) is 5.91 Å². The van der Waals surface area contributed by atoms with Crippen LogP contribution in [0.1, 0.15) is 12.8 Å². The SMILES string of the molecule is O=C(CN1CCCC(O)(C(F)(F)F)C1)Nc1nc2ccccc2s1. The number of carbonyl (C=O) groups excluding carboxylic acids is 1. The van der Waals surface area contributed by atoms with Gasteiger partial charge in [0.25, 0.3) is 0 Å². The first-order chi connectivity index (χ1) is 11.3. The third kappa shape index (κ3) is 3.52. The van der Waals surface area contributed by atoms with Crippen molar-refractivity contribution in [3.63, 3.8) is 0 Å². The summed E-state index contributed by atoms with van der Waals surface area (Å²) in [5.41, 5.74) is -2.00. The number of nitrogens with one attached hydrogen (secondary N) is 1. The number of aliphatic hydroxyl groups is 1. The third-order valence-corrected chi connectivity index (χ3v) is 4.94. The summed E-state index contributed by atoms with van der Waals surface area (Å²) < 4.78 is 39.7. The molecule has 2 N–H and O–H groups in total. The van der Waals surface area contributed by atoms with E-state index in [1.54, 1.807) is 0 Å². The minimum atomic E-state index is -4.70. The van der Waals surface area contributed by atoms with E-state index in [-0.39, 0.29) is 19.4 Å². The van der Waals surface area contributed by atoms with Crippen LogP contribution in [0.4, 0.5) is 18.3 Å². The number of likely N-dealkylation sites (tertiary alicyclic amines) is 1. The fourth-order valence-corrected chi connectivity index (χ4v) is 3.66. The lowest BCUT2D eigenvalue weighted by Crippen LogP contribution is -2.57. The molecular formula is C15H16F3N3O2S. The molecule has 1 aromatic carbocycles. The first-order valence-corrected chi connectivity index (χ1v) is 8.25. The normalized spacial score (nSPS) is 22.7. The maximum atomic E-state index is 12.9.